The van der Waals surface area contributed by atoms with Crippen molar-refractivity contribution in [1.29, 1.82) is 0 Å². The molecule has 0 unspecified atom stereocenters. The molecule has 0 atom stereocenters. The summed E-state index contributed by atoms with van der Waals surface area (Å²) >= 11 is 0. The van der Waals surface area contributed by atoms with Gasteiger partial charge in [-0.15, -0.1) is 0 Å². The van der Waals surface area contributed by atoms with Gasteiger partial charge in [0.25, 0.3) is 0 Å². The summed E-state index contributed by atoms with van der Waals surface area (Å²) in [6, 6.07) is 0. The van der Waals surface area contributed by atoms with Crippen molar-refractivity contribution in [2.45, 2.75) is 58.8 Å². The molecule has 0 radical (unpaired) electrons. The molecule has 1 rings (SSSR count). The minimum absolute atomic E-state index is 0.0194. The Hall–Kier alpha value is -1.59. The predicted octanol–water partition coefficient (Wildman–Crippen LogP) is 1.69. The van der Waals surface area contributed by atoms with Gasteiger partial charge in [0.15, 0.2) is 0 Å². The summed E-state index contributed by atoms with van der Waals surface area (Å²) in [7, 11) is 0. The Balaban J connectivity index is 2.36. The van der Waals surface area contributed by atoms with Gasteiger partial charge in [-0.2, -0.15) is 0 Å². The average molecular weight is 312 g/mol. The number of amides is 2. The number of nitrogens with one attached hydrogen (secondary N) is 2. The summed E-state index contributed by atoms with van der Waals surface area (Å²) in [5.41, 5.74) is -0.928. The number of carbonyl (C=O) groups is 3. The largest absolute Gasteiger partial charge is 0.481 e. The van der Waals surface area contributed by atoms with Crippen LogP contribution >= 0.6 is 0 Å². The molecule has 3 N–H and O–H groups in total. The van der Waals surface area contributed by atoms with E-state index in [1.54, 1.807) is 13.8 Å². The van der Waals surface area contributed by atoms with Crippen LogP contribution in [0.2, 0.25) is 0 Å². The van der Waals surface area contributed by atoms with E-state index >= 15 is 0 Å². The third-order valence-corrected chi connectivity index (χ3v) is 4.83. The van der Waals surface area contributed by atoms with Gasteiger partial charge in [0, 0.05) is 12.5 Å². The van der Waals surface area contributed by atoms with Crippen molar-refractivity contribution < 1.29 is 19.5 Å². The smallest absolute Gasteiger partial charge is 0.311 e. The standard InChI is InChI=1S/C16H28N2O4/c1-3-16(4-2,15(21)22)11-18-13(19)10-17-14(20)12-8-6-5-7-9-12/h12H,3-11H2,1-2H3,(H,17,20)(H,18,19)(H,21,22). The first-order chi connectivity index (χ1) is 10.4. The lowest BCUT2D eigenvalue weighted by Gasteiger charge is -2.27. The molecular formula is C16H28N2O4. The molecule has 22 heavy (non-hydrogen) atoms. The van der Waals surface area contributed by atoms with Crippen molar-refractivity contribution in [2.75, 3.05) is 13.1 Å². The predicted molar refractivity (Wildman–Crippen MR) is 83.2 cm³/mol. The zero-order valence-electron chi connectivity index (χ0n) is 13.6. The van der Waals surface area contributed by atoms with Crippen LogP contribution in [0.3, 0.4) is 0 Å². The van der Waals surface area contributed by atoms with Gasteiger partial charge in [0.1, 0.15) is 0 Å². The highest BCUT2D eigenvalue weighted by Crippen LogP contribution is 2.25. The van der Waals surface area contributed by atoms with Crippen LogP contribution < -0.4 is 10.6 Å². The SMILES string of the molecule is CCC(CC)(CNC(=O)CNC(=O)C1CCCCC1)C(=O)O. The summed E-state index contributed by atoms with van der Waals surface area (Å²) in [6.07, 6.45) is 6.00. The Bertz CT molecular complexity index is 399. The maximum atomic E-state index is 11.9. The van der Waals surface area contributed by atoms with Gasteiger partial charge < -0.3 is 15.7 Å². The van der Waals surface area contributed by atoms with Crippen LogP contribution in [0.15, 0.2) is 0 Å². The number of hydrogen-bond donors (Lipinski definition) is 3. The van der Waals surface area contributed by atoms with Crippen molar-refractivity contribution in [3.05, 3.63) is 0 Å². The Kier molecular flexibility index (Phi) is 7.35. The number of rotatable bonds is 8. The second-order valence-electron chi connectivity index (χ2n) is 6.12. The quantitative estimate of drug-likeness (QED) is 0.635. The van der Waals surface area contributed by atoms with Gasteiger partial charge in [-0.1, -0.05) is 33.1 Å². The van der Waals surface area contributed by atoms with E-state index in [-0.39, 0.29) is 30.8 Å². The molecule has 2 amide bonds. The third-order valence-electron chi connectivity index (χ3n) is 4.83. The second kappa shape index (κ2) is 8.76. The van der Waals surface area contributed by atoms with Crippen LogP contribution in [0.5, 0.6) is 0 Å². The number of hydrogen-bond acceptors (Lipinski definition) is 3. The highest BCUT2D eigenvalue weighted by molar-refractivity contribution is 5.86. The van der Waals surface area contributed by atoms with Gasteiger partial charge in [-0.3, -0.25) is 14.4 Å². The maximum Gasteiger partial charge on any atom is 0.311 e. The first-order valence-electron chi connectivity index (χ1n) is 8.23. The summed E-state index contributed by atoms with van der Waals surface area (Å²) in [5, 5.41) is 14.6. The molecule has 1 aliphatic rings. The Labute approximate surface area is 132 Å². The number of carbonyl (C=O) groups excluding carboxylic acids is 2. The normalized spacial score (nSPS) is 16.1. The van der Waals surface area contributed by atoms with Gasteiger partial charge in [-0.25, -0.2) is 0 Å². The summed E-state index contributed by atoms with van der Waals surface area (Å²) in [4.78, 5) is 35.1. The monoisotopic (exact) mass is 312 g/mol. The molecular weight excluding hydrogens is 284 g/mol. The zero-order valence-corrected chi connectivity index (χ0v) is 13.6. The lowest BCUT2D eigenvalue weighted by Crippen LogP contribution is -2.46. The summed E-state index contributed by atoms with van der Waals surface area (Å²) < 4.78 is 0. The fraction of sp³-hybridized carbons (Fsp3) is 0.812. The van der Waals surface area contributed by atoms with Gasteiger partial charge in [0.2, 0.25) is 11.8 Å². The Morgan fingerprint density at radius 1 is 1.05 bits per heavy atom. The first kappa shape index (κ1) is 18.5. The fourth-order valence-corrected chi connectivity index (χ4v) is 2.88. The van der Waals surface area contributed by atoms with E-state index < -0.39 is 11.4 Å². The molecule has 1 fully saturated rings. The van der Waals surface area contributed by atoms with Gasteiger partial charge >= 0.3 is 5.97 Å². The van der Waals surface area contributed by atoms with Crippen LogP contribution in [-0.2, 0) is 14.4 Å². The Morgan fingerprint density at radius 2 is 1.64 bits per heavy atom. The minimum atomic E-state index is -0.928. The topological polar surface area (TPSA) is 95.5 Å². The molecule has 0 spiro atoms. The van der Waals surface area contributed by atoms with E-state index in [4.69, 9.17) is 0 Å². The van der Waals surface area contributed by atoms with Gasteiger partial charge in [-0.05, 0) is 25.7 Å². The van der Waals surface area contributed by atoms with Crippen LogP contribution in [0, 0.1) is 11.3 Å². The van der Waals surface area contributed by atoms with Crippen molar-refractivity contribution in [3.63, 3.8) is 0 Å². The van der Waals surface area contributed by atoms with E-state index in [1.807, 2.05) is 0 Å². The van der Waals surface area contributed by atoms with E-state index in [0.29, 0.717) is 12.8 Å². The van der Waals surface area contributed by atoms with Crippen LogP contribution in [0.25, 0.3) is 0 Å². The van der Waals surface area contributed by atoms with Crippen molar-refractivity contribution >= 4 is 17.8 Å². The molecule has 0 aliphatic heterocycles. The van der Waals surface area contributed by atoms with Crippen LogP contribution in [0.1, 0.15) is 58.8 Å². The minimum Gasteiger partial charge on any atom is -0.481 e. The molecule has 0 aromatic rings. The summed E-state index contributed by atoms with van der Waals surface area (Å²) in [6.45, 7) is 3.61. The number of carboxylic acids is 1. The maximum absolute atomic E-state index is 11.9. The zero-order chi connectivity index (χ0) is 16.6. The molecule has 0 aromatic heterocycles. The van der Waals surface area contributed by atoms with Crippen LogP contribution in [-0.4, -0.2) is 36.0 Å². The second-order valence-corrected chi connectivity index (χ2v) is 6.12. The lowest BCUT2D eigenvalue weighted by atomic mass is 9.82. The number of aliphatic carboxylic acids is 1. The molecule has 0 heterocycles. The molecule has 0 aromatic carbocycles. The molecule has 1 aliphatic carbocycles. The molecule has 1 saturated carbocycles. The molecule has 6 heteroatoms. The molecule has 0 saturated heterocycles. The average Bonchev–Trinajstić information content (AvgIpc) is 2.54. The Morgan fingerprint density at radius 3 is 2.14 bits per heavy atom. The first-order valence-corrected chi connectivity index (χ1v) is 8.23. The van der Waals surface area contributed by atoms with Crippen molar-refractivity contribution in [1.82, 2.24) is 10.6 Å². The molecule has 6 nitrogen and oxygen atoms in total. The van der Waals surface area contributed by atoms with E-state index in [9.17, 15) is 19.5 Å². The molecule has 0 bridgehead atoms. The number of carboxylic acid groups (broad SMARTS) is 1. The van der Waals surface area contributed by atoms with Crippen molar-refractivity contribution in [2.24, 2.45) is 11.3 Å². The third kappa shape index (κ3) is 5.00. The molecule has 126 valence electrons. The van der Waals surface area contributed by atoms with E-state index in [2.05, 4.69) is 10.6 Å². The fourth-order valence-electron chi connectivity index (χ4n) is 2.88. The van der Waals surface area contributed by atoms with Crippen LogP contribution in [0.4, 0.5) is 0 Å². The highest BCUT2D eigenvalue weighted by Gasteiger charge is 2.35. The van der Waals surface area contributed by atoms with Crippen molar-refractivity contribution in [3.8, 4) is 0 Å². The lowest BCUT2D eigenvalue weighted by molar-refractivity contribution is -0.149. The van der Waals surface area contributed by atoms with Gasteiger partial charge in [0.05, 0.1) is 12.0 Å². The summed E-state index contributed by atoms with van der Waals surface area (Å²) in [5.74, 6) is -1.28. The van der Waals surface area contributed by atoms with E-state index in [1.165, 1.54) is 6.42 Å². The highest BCUT2D eigenvalue weighted by atomic mass is 16.4. The van der Waals surface area contributed by atoms with E-state index in [0.717, 1.165) is 25.7 Å².